The third-order valence-corrected chi connectivity index (χ3v) is 3.76. The van der Waals surface area contributed by atoms with Crippen LogP contribution in [0.5, 0.6) is 0 Å². The minimum Gasteiger partial charge on any atom is -0.389 e. The van der Waals surface area contributed by atoms with Gasteiger partial charge in [-0.1, -0.05) is 13.8 Å². The Morgan fingerprint density at radius 1 is 1.56 bits per heavy atom. The van der Waals surface area contributed by atoms with Crippen LogP contribution in [-0.4, -0.2) is 39.6 Å². The van der Waals surface area contributed by atoms with E-state index in [1.807, 2.05) is 6.92 Å². The van der Waals surface area contributed by atoms with E-state index >= 15 is 0 Å². The summed E-state index contributed by atoms with van der Waals surface area (Å²) in [5, 5.41) is 10.8. The van der Waals surface area contributed by atoms with Crippen LogP contribution >= 0.6 is 11.3 Å². The predicted molar refractivity (Wildman–Crippen MR) is 74.1 cm³/mol. The summed E-state index contributed by atoms with van der Waals surface area (Å²) in [5.74, 6) is 0.282. The Balaban J connectivity index is 2.83. The lowest BCUT2D eigenvalue weighted by Gasteiger charge is -2.27. The van der Waals surface area contributed by atoms with Crippen molar-refractivity contribution in [1.29, 1.82) is 0 Å². The molecule has 102 valence electrons. The second kappa shape index (κ2) is 5.80. The average Bonchev–Trinajstić information content (AvgIpc) is 2.72. The number of hydrogen-bond donors (Lipinski definition) is 1. The number of aliphatic hydroxyl groups is 1. The fraction of sp³-hybridized carbons (Fsp3) is 0.692. The Labute approximate surface area is 113 Å². The Morgan fingerprint density at radius 2 is 2.17 bits per heavy atom. The van der Waals surface area contributed by atoms with Gasteiger partial charge in [-0.3, -0.25) is 4.79 Å². The lowest BCUT2D eigenvalue weighted by molar-refractivity contribution is 0.0317. The van der Waals surface area contributed by atoms with E-state index in [9.17, 15) is 9.90 Å². The molecule has 5 heteroatoms. The molecule has 0 aliphatic rings. The minimum absolute atomic E-state index is 0.0518. The number of likely N-dealkylation sites (N-methyl/N-ethyl adjacent to an activating group) is 1. The van der Waals surface area contributed by atoms with Crippen molar-refractivity contribution in [1.82, 2.24) is 9.88 Å². The highest BCUT2D eigenvalue weighted by atomic mass is 32.1. The molecule has 0 spiro atoms. The predicted octanol–water partition coefficient (Wildman–Crippen LogP) is 2.50. The number of aromatic nitrogens is 1. The van der Waals surface area contributed by atoms with Crippen LogP contribution in [0.1, 0.15) is 55.2 Å². The van der Waals surface area contributed by atoms with Crippen molar-refractivity contribution < 1.29 is 9.90 Å². The molecule has 0 saturated heterocycles. The SMILES string of the molecule is CCN(CC(C)(C)O)C(=O)c1cnc(C(C)C)s1. The minimum atomic E-state index is -0.878. The zero-order valence-corrected chi connectivity index (χ0v) is 12.5. The van der Waals surface area contributed by atoms with Gasteiger partial charge in [0, 0.05) is 19.0 Å². The molecule has 0 aromatic carbocycles. The molecule has 0 saturated carbocycles. The van der Waals surface area contributed by atoms with Gasteiger partial charge < -0.3 is 10.0 Å². The first-order chi connectivity index (χ1) is 8.24. The third kappa shape index (κ3) is 4.07. The molecule has 1 aromatic heterocycles. The van der Waals surface area contributed by atoms with E-state index in [4.69, 9.17) is 0 Å². The van der Waals surface area contributed by atoms with Gasteiger partial charge in [-0.25, -0.2) is 4.98 Å². The number of carbonyl (C=O) groups excluding carboxylic acids is 1. The molecule has 1 heterocycles. The normalized spacial score (nSPS) is 11.9. The number of thiazole rings is 1. The van der Waals surface area contributed by atoms with Gasteiger partial charge in [-0.2, -0.15) is 0 Å². The van der Waals surface area contributed by atoms with Gasteiger partial charge in [0.25, 0.3) is 5.91 Å². The molecule has 4 nitrogen and oxygen atoms in total. The van der Waals surface area contributed by atoms with E-state index < -0.39 is 5.60 Å². The Hall–Kier alpha value is -0.940. The Kier molecular flexibility index (Phi) is 4.87. The van der Waals surface area contributed by atoms with Crippen molar-refractivity contribution in [3.63, 3.8) is 0 Å². The second-order valence-electron chi connectivity index (χ2n) is 5.35. The molecular formula is C13H22N2O2S. The van der Waals surface area contributed by atoms with E-state index in [1.54, 1.807) is 24.9 Å². The molecule has 0 fully saturated rings. The zero-order chi connectivity index (χ0) is 13.9. The number of rotatable bonds is 5. The highest BCUT2D eigenvalue weighted by Crippen LogP contribution is 2.22. The lowest BCUT2D eigenvalue weighted by Crippen LogP contribution is -2.41. The first kappa shape index (κ1) is 15.1. The van der Waals surface area contributed by atoms with Gasteiger partial charge in [0.05, 0.1) is 16.8 Å². The molecule has 0 atom stereocenters. The first-order valence-electron chi connectivity index (χ1n) is 6.22. The summed E-state index contributed by atoms with van der Waals surface area (Å²) < 4.78 is 0. The number of carbonyl (C=O) groups is 1. The Morgan fingerprint density at radius 3 is 2.56 bits per heavy atom. The highest BCUT2D eigenvalue weighted by Gasteiger charge is 2.23. The van der Waals surface area contributed by atoms with Gasteiger partial charge in [-0.15, -0.1) is 11.3 Å². The maximum absolute atomic E-state index is 12.3. The zero-order valence-electron chi connectivity index (χ0n) is 11.7. The second-order valence-corrected chi connectivity index (χ2v) is 6.41. The van der Waals surface area contributed by atoms with Crippen LogP contribution < -0.4 is 0 Å². The summed E-state index contributed by atoms with van der Waals surface area (Å²) in [5.41, 5.74) is -0.878. The lowest BCUT2D eigenvalue weighted by atomic mass is 10.1. The van der Waals surface area contributed by atoms with E-state index in [0.29, 0.717) is 23.9 Å². The molecule has 18 heavy (non-hydrogen) atoms. The van der Waals surface area contributed by atoms with Gasteiger partial charge >= 0.3 is 0 Å². The molecule has 0 radical (unpaired) electrons. The fourth-order valence-electron chi connectivity index (χ4n) is 1.60. The van der Waals surface area contributed by atoms with Gasteiger partial charge in [0.1, 0.15) is 4.88 Å². The van der Waals surface area contributed by atoms with E-state index in [0.717, 1.165) is 5.01 Å². The van der Waals surface area contributed by atoms with Crippen LogP contribution in [0.4, 0.5) is 0 Å². The highest BCUT2D eigenvalue weighted by molar-refractivity contribution is 7.13. The van der Waals surface area contributed by atoms with Crippen molar-refractivity contribution in [2.45, 2.75) is 46.1 Å². The summed E-state index contributed by atoms with van der Waals surface area (Å²) in [6, 6.07) is 0. The molecule has 1 N–H and O–H groups in total. The molecule has 0 bridgehead atoms. The fourth-order valence-corrected chi connectivity index (χ4v) is 2.49. The van der Waals surface area contributed by atoms with E-state index in [2.05, 4.69) is 18.8 Å². The molecular weight excluding hydrogens is 248 g/mol. The van der Waals surface area contributed by atoms with Crippen LogP contribution in [0.15, 0.2) is 6.20 Å². The molecule has 0 aliphatic heterocycles. The monoisotopic (exact) mass is 270 g/mol. The Bertz CT molecular complexity index is 407. The first-order valence-corrected chi connectivity index (χ1v) is 7.03. The van der Waals surface area contributed by atoms with Gasteiger partial charge in [0.15, 0.2) is 0 Å². The quantitative estimate of drug-likeness (QED) is 0.894. The van der Waals surface area contributed by atoms with Crippen molar-refractivity contribution >= 4 is 17.2 Å². The molecule has 1 aromatic rings. The van der Waals surface area contributed by atoms with Crippen molar-refractivity contribution in [3.8, 4) is 0 Å². The summed E-state index contributed by atoms with van der Waals surface area (Å²) in [6.45, 7) is 10.3. The van der Waals surface area contributed by atoms with Gasteiger partial charge in [-0.05, 0) is 20.8 Å². The average molecular weight is 270 g/mol. The largest absolute Gasteiger partial charge is 0.389 e. The molecule has 1 amide bonds. The topological polar surface area (TPSA) is 53.4 Å². The van der Waals surface area contributed by atoms with Crippen LogP contribution in [0.2, 0.25) is 0 Å². The van der Waals surface area contributed by atoms with E-state index in [-0.39, 0.29) is 5.91 Å². The molecule has 1 rings (SSSR count). The van der Waals surface area contributed by atoms with E-state index in [1.165, 1.54) is 11.3 Å². The maximum Gasteiger partial charge on any atom is 0.265 e. The van der Waals surface area contributed by atoms with Crippen molar-refractivity contribution in [2.24, 2.45) is 0 Å². The summed E-state index contributed by atoms with van der Waals surface area (Å²) in [6.07, 6.45) is 1.63. The van der Waals surface area contributed by atoms with Crippen LogP contribution in [0.25, 0.3) is 0 Å². The smallest absolute Gasteiger partial charge is 0.265 e. The van der Waals surface area contributed by atoms with Gasteiger partial charge in [0.2, 0.25) is 0 Å². The molecule has 0 unspecified atom stereocenters. The standard InChI is InChI=1S/C13H22N2O2S/c1-6-15(8-13(4,5)17)12(16)10-7-14-11(18-10)9(2)3/h7,9,17H,6,8H2,1-5H3. The van der Waals surface area contributed by atoms with Crippen molar-refractivity contribution in [2.75, 3.05) is 13.1 Å². The number of hydrogen-bond acceptors (Lipinski definition) is 4. The number of amides is 1. The summed E-state index contributed by atoms with van der Waals surface area (Å²) in [7, 11) is 0. The van der Waals surface area contributed by atoms with Crippen molar-refractivity contribution in [3.05, 3.63) is 16.1 Å². The maximum atomic E-state index is 12.3. The number of nitrogens with zero attached hydrogens (tertiary/aromatic N) is 2. The van der Waals surface area contributed by atoms with Crippen LogP contribution in [0, 0.1) is 0 Å². The molecule has 0 aliphatic carbocycles. The third-order valence-electron chi connectivity index (χ3n) is 2.47. The summed E-state index contributed by atoms with van der Waals surface area (Å²) >= 11 is 1.43. The van der Waals surface area contributed by atoms with Crippen LogP contribution in [0.3, 0.4) is 0 Å². The summed E-state index contributed by atoms with van der Waals surface area (Å²) in [4.78, 5) is 18.8. The van der Waals surface area contributed by atoms with Crippen LogP contribution in [-0.2, 0) is 0 Å².